The van der Waals surface area contributed by atoms with Crippen LogP contribution in [0.25, 0.3) is 0 Å². The van der Waals surface area contributed by atoms with Crippen LogP contribution in [-0.4, -0.2) is 22.7 Å². The molecule has 1 amide bonds. The first kappa shape index (κ1) is 21.0. The van der Waals surface area contributed by atoms with Gasteiger partial charge >= 0.3 is 0 Å². The third-order valence-electron chi connectivity index (χ3n) is 4.22. The van der Waals surface area contributed by atoms with Gasteiger partial charge < -0.3 is 10.1 Å². The molecule has 0 saturated heterocycles. The van der Waals surface area contributed by atoms with Crippen molar-refractivity contribution in [3.05, 3.63) is 99.1 Å². The summed E-state index contributed by atoms with van der Waals surface area (Å²) >= 11 is 5.93. The number of non-ortho nitro benzene ring substituents is 1. The van der Waals surface area contributed by atoms with E-state index in [9.17, 15) is 19.7 Å². The molecule has 0 bridgehead atoms. The van der Waals surface area contributed by atoms with Crippen LogP contribution in [0.5, 0.6) is 5.75 Å². The summed E-state index contributed by atoms with van der Waals surface area (Å²) in [6.07, 6.45) is -0.760. The van der Waals surface area contributed by atoms with Gasteiger partial charge in [-0.3, -0.25) is 19.7 Å². The number of carbonyl (C=O) groups excluding carboxylic acids is 2. The van der Waals surface area contributed by atoms with E-state index in [0.29, 0.717) is 22.0 Å². The molecule has 3 aromatic carbocycles. The number of halogens is 1. The summed E-state index contributed by atoms with van der Waals surface area (Å²) in [5.74, 6) is -0.248. The molecule has 8 heteroatoms. The standard InChI is InChI=1S/C22H17ClN2O5/c1-14(21(26)16-4-2-5-17(23)12-16)30-20-7-3-6-18(13-20)24-22(27)15-8-10-19(11-9-15)25(28)29/h2-14H,1H3,(H,24,27). The zero-order chi connectivity index (χ0) is 21.7. The summed E-state index contributed by atoms with van der Waals surface area (Å²) in [5.41, 5.74) is 1.08. The summed E-state index contributed by atoms with van der Waals surface area (Å²) in [5, 5.41) is 13.9. The summed E-state index contributed by atoms with van der Waals surface area (Å²) in [7, 11) is 0. The number of hydrogen-bond acceptors (Lipinski definition) is 5. The number of Topliss-reactive ketones (excluding diaryl/α,β-unsaturated/α-hetero) is 1. The Balaban J connectivity index is 1.67. The number of ketones is 1. The zero-order valence-corrected chi connectivity index (χ0v) is 16.6. The Morgan fingerprint density at radius 1 is 1.00 bits per heavy atom. The van der Waals surface area contributed by atoms with Crippen molar-refractivity contribution < 1.29 is 19.2 Å². The smallest absolute Gasteiger partial charge is 0.269 e. The number of rotatable bonds is 7. The highest BCUT2D eigenvalue weighted by molar-refractivity contribution is 6.31. The highest BCUT2D eigenvalue weighted by Crippen LogP contribution is 2.21. The number of nitro groups is 1. The van der Waals surface area contributed by atoms with E-state index in [1.165, 1.54) is 24.3 Å². The van der Waals surface area contributed by atoms with Crippen molar-refractivity contribution in [3.63, 3.8) is 0 Å². The quantitative estimate of drug-likeness (QED) is 0.321. The average Bonchev–Trinajstić information content (AvgIpc) is 2.73. The van der Waals surface area contributed by atoms with E-state index in [1.807, 2.05) is 0 Å². The van der Waals surface area contributed by atoms with E-state index in [4.69, 9.17) is 16.3 Å². The molecule has 1 atom stereocenters. The SMILES string of the molecule is CC(Oc1cccc(NC(=O)c2ccc([N+](=O)[O-])cc2)c1)C(=O)c1cccc(Cl)c1. The van der Waals surface area contributed by atoms with Gasteiger partial charge in [-0.25, -0.2) is 0 Å². The monoisotopic (exact) mass is 424 g/mol. The Morgan fingerprint density at radius 2 is 1.70 bits per heavy atom. The van der Waals surface area contributed by atoms with Crippen molar-refractivity contribution in [2.24, 2.45) is 0 Å². The molecule has 0 aliphatic rings. The van der Waals surface area contributed by atoms with E-state index in [2.05, 4.69) is 5.32 Å². The maximum absolute atomic E-state index is 12.5. The summed E-state index contributed by atoms with van der Waals surface area (Å²) in [6.45, 7) is 1.63. The first-order chi connectivity index (χ1) is 14.3. The van der Waals surface area contributed by atoms with Gasteiger partial charge in [-0.05, 0) is 43.3 Å². The molecule has 0 fully saturated rings. The number of hydrogen-bond donors (Lipinski definition) is 1. The fourth-order valence-electron chi connectivity index (χ4n) is 2.72. The average molecular weight is 425 g/mol. The van der Waals surface area contributed by atoms with Crippen molar-refractivity contribution in [1.82, 2.24) is 0 Å². The van der Waals surface area contributed by atoms with Gasteiger partial charge in [-0.1, -0.05) is 29.8 Å². The molecule has 1 N–H and O–H groups in total. The molecular formula is C22H17ClN2O5. The zero-order valence-electron chi connectivity index (χ0n) is 15.9. The molecule has 7 nitrogen and oxygen atoms in total. The van der Waals surface area contributed by atoms with Gasteiger partial charge in [0.1, 0.15) is 5.75 Å². The molecule has 0 saturated carbocycles. The molecule has 3 aromatic rings. The minimum absolute atomic E-state index is 0.0969. The van der Waals surface area contributed by atoms with Crippen LogP contribution >= 0.6 is 11.6 Å². The third kappa shape index (κ3) is 5.21. The first-order valence-corrected chi connectivity index (χ1v) is 9.33. The van der Waals surface area contributed by atoms with Gasteiger partial charge in [0.2, 0.25) is 5.78 Å². The number of nitrogens with zero attached hydrogens (tertiary/aromatic N) is 1. The Morgan fingerprint density at radius 3 is 2.37 bits per heavy atom. The van der Waals surface area contributed by atoms with Crippen LogP contribution in [0, 0.1) is 10.1 Å². The second-order valence-corrected chi connectivity index (χ2v) is 6.86. The lowest BCUT2D eigenvalue weighted by molar-refractivity contribution is -0.384. The molecule has 30 heavy (non-hydrogen) atoms. The molecule has 0 heterocycles. The van der Waals surface area contributed by atoms with Crippen LogP contribution in [-0.2, 0) is 0 Å². The predicted molar refractivity (Wildman–Crippen MR) is 113 cm³/mol. The van der Waals surface area contributed by atoms with Crippen molar-refractivity contribution in [1.29, 1.82) is 0 Å². The third-order valence-corrected chi connectivity index (χ3v) is 4.46. The first-order valence-electron chi connectivity index (χ1n) is 8.96. The molecule has 3 rings (SSSR count). The maximum Gasteiger partial charge on any atom is 0.269 e. The summed E-state index contributed by atoms with van der Waals surface area (Å²) in [6, 6.07) is 18.5. The van der Waals surface area contributed by atoms with Crippen molar-refractivity contribution in [2.45, 2.75) is 13.0 Å². The molecule has 0 radical (unpaired) electrons. The van der Waals surface area contributed by atoms with Crippen molar-refractivity contribution in [3.8, 4) is 5.75 Å². The second kappa shape index (κ2) is 9.19. The van der Waals surface area contributed by atoms with Crippen molar-refractivity contribution in [2.75, 3.05) is 5.32 Å². The molecule has 152 valence electrons. The highest BCUT2D eigenvalue weighted by Gasteiger charge is 2.17. The molecule has 0 spiro atoms. The van der Waals surface area contributed by atoms with Crippen LogP contribution < -0.4 is 10.1 Å². The van der Waals surface area contributed by atoms with Crippen molar-refractivity contribution >= 4 is 34.7 Å². The van der Waals surface area contributed by atoms with E-state index >= 15 is 0 Å². The topological polar surface area (TPSA) is 98.5 Å². The number of nitrogens with one attached hydrogen (secondary N) is 1. The van der Waals surface area contributed by atoms with E-state index < -0.39 is 16.9 Å². The minimum Gasteiger partial charge on any atom is -0.482 e. The fraction of sp³-hybridized carbons (Fsp3) is 0.0909. The van der Waals surface area contributed by atoms with Gasteiger partial charge in [0.25, 0.3) is 11.6 Å². The van der Waals surface area contributed by atoms with Gasteiger partial charge in [0.05, 0.1) is 4.92 Å². The number of ether oxygens (including phenoxy) is 1. The predicted octanol–water partition coefficient (Wildman–Crippen LogP) is 5.15. The molecule has 1 unspecified atom stereocenters. The van der Waals surface area contributed by atoms with E-state index in [-0.39, 0.29) is 17.0 Å². The number of benzene rings is 3. The van der Waals surface area contributed by atoms with E-state index in [0.717, 1.165) is 0 Å². The van der Waals surface area contributed by atoms with Crippen LogP contribution in [0.15, 0.2) is 72.8 Å². The summed E-state index contributed by atoms with van der Waals surface area (Å²) in [4.78, 5) is 35.1. The number of carbonyl (C=O) groups is 2. The fourth-order valence-corrected chi connectivity index (χ4v) is 2.91. The minimum atomic E-state index is -0.760. The lowest BCUT2D eigenvalue weighted by Gasteiger charge is -2.15. The Labute approximate surface area is 177 Å². The number of anilines is 1. The Kier molecular flexibility index (Phi) is 6.44. The normalized spacial score (nSPS) is 11.4. The van der Waals surface area contributed by atoms with Gasteiger partial charge in [-0.15, -0.1) is 0 Å². The molecule has 0 aliphatic heterocycles. The van der Waals surface area contributed by atoms with Crippen LogP contribution in [0.1, 0.15) is 27.6 Å². The lowest BCUT2D eigenvalue weighted by atomic mass is 10.1. The van der Waals surface area contributed by atoms with Crippen LogP contribution in [0.4, 0.5) is 11.4 Å². The lowest BCUT2D eigenvalue weighted by Crippen LogP contribution is -2.24. The van der Waals surface area contributed by atoms with Gasteiger partial charge in [0, 0.05) is 40.0 Å². The molecular weight excluding hydrogens is 408 g/mol. The second-order valence-electron chi connectivity index (χ2n) is 6.42. The maximum atomic E-state index is 12.5. The molecule has 0 aromatic heterocycles. The number of amides is 1. The highest BCUT2D eigenvalue weighted by atomic mass is 35.5. The largest absolute Gasteiger partial charge is 0.482 e. The van der Waals surface area contributed by atoms with Gasteiger partial charge in [0.15, 0.2) is 6.10 Å². The van der Waals surface area contributed by atoms with Crippen LogP contribution in [0.3, 0.4) is 0 Å². The summed E-state index contributed by atoms with van der Waals surface area (Å²) < 4.78 is 5.72. The number of nitro benzene ring substituents is 1. The van der Waals surface area contributed by atoms with E-state index in [1.54, 1.807) is 55.5 Å². The van der Waals surface area contributed by atoms with Gasteiger partial charge in [-0.2, -0.15) is 0 Å². The Hall–Kier alpha value is -3.71. The van der Waals surface area contributed by atoms with Crippen LogP contribution in [0.2, 0.25) is 5.02 Å². The Bertz CT molecular complexity index is 1100. The molecule has 0 aliphatic carbocycles.